The Balaban J connectivity index is 2.32. The second-order valence-corrected chi connectivity index (χ2v) is 10.8. The molecule has 0 aliphatic carbocycles. The fourth-order valence-corrected chi connectivity index (χ4v) is 5.34. The lowest BCUT2D eigenvalue weighted by molar-refractivity contribution is -0.113. The maximum Gasteiger partial charge on any atom is 0.137 e. The summed E-state index contributed by atoms with van der Waals surface area (Å²) in [5.41, 5.74) is 0.682. The normalized spacial score (nSPS) is 18.9. The van der Waals surface area contributed by atoms with Crippen molar-refractivity contribution >= 4 is 12.6 Å². The summed E-state index contributed by atoms with van der Waals surface area (Å²) in [5, 5.41) is 0. The predicted molar refractivity (Wildman–Crippen MR) is 123 cm³/mol. The van der Waals surface area contributed by atoms with E-state index < -0.39 is 0 Å². The van der Waals surface area contributed by atoms with Gasteiger partial charge in [-0.05, 0) is 88.4 Å². The van der Waals surface area contributed by atoms with E-state index in [9.17, 15) is 9.59 Å². The van der Waals surface area contributed by atoms with E-state index in [4.69, 9.17) is 0 Å². The van der Waals surface area contributed by atoms with Crippen molar-refractivity contribution in [3.63, 3.8) is 0 Å². The number of hydrogen-bond donors (Lipinski definition) is 0. The zero-order chi connectivity index (χ0) is 21.8. The summed E-state index contributed by atoms with van der Waals surface area (Å²) < 4.78 is 0. The van der Waals surface area contributed by atoms with E-state index in [-0.39, 0.29) is 6.04 Å². The summed E-state index contributed by atoms with van der Waals surface area (Å²) in [4.78, 5) is 26.8. The average molecular weight is 409 g/mol. The molecule has 0 saturated carbocycles. The molecular weight excluding hydrogens is 360 g/mol. The van der Waals surface area contributed by atoms with Gasteiger partial charge in [0.1, 0.15) is 12.6 Å². The zero-order valence-electron chi connectivity index (χ0n) is 20.0. The molecule has 1 atom stereocenters. The number of unbranched alkanes of at least 4 members (excludes halogenated alkanes) is 1. The van der Waals surface area contributed by atoms with Gasteiger partial charge in [-0.1, -0.05) is 47.5 Å². The Labute approximate surface area is 180 Å². The summed E-state index contributed by atoms with van der Waals surface area (Å²) in [5.74, 6) is 0. The van der Waals surface area contributed by atoms with Crippen LogP contribution in [0.15, 0.2) is 0 Å². The second-order valence-electron chi connectivity index (χ2n) is 10.8. The molecule has 1 saturated heterocycles. The lowest BCUT2D eigenvalue weighted by Crippen LogP contribution is -2.41. The largest absolute Gasteiger partial charge is 0.302 e. The molecule has 4 heteroatoms. The van der Waals surface area contributed by atoms with Gasteiger partial charge in [0.05, 0.1) is 12.6 Å². The first-order valence-electron chi connectivity index (χ1n) is 12.1. The van der Waals surface area contributed by atoms with Crippen LogP contribution >= 0.6 is 0 Å². The quantitative estimate of drug-likeness (QED) is 0.255. The molecule has 0 aromatic heterocycles. The van der Waals surface area contributed by atoms with Crippen molar-refractivity contribution in [3.8, 4) is 0 Å². The molecule has 0 bridgehead atoms. The highest BCUT2D eigenvalue weighted by Crippen LogP contribution is 2.40. The first-order valence-corrected chi connectivity index (χ1v) is 12.1. The van der Waals surface area contributed by atoms with E-state index in [1.807, 2.05) is 0 Å². The number of rotatable bonds is 16. The maximum absolute atomic E-state index is 11.3. The summed E-state index contributed by atoms with van der Waals surface area (Å²) in [6.45, 7) is 16.6. The van der Waals surface area contributed by atoms with Gasteiger partial charge in [-0.25, -0.2) is 0 Å². The molecule has 1 rings (SSSR count). The molecule has 1 unspecified atom stereocenters. The number of likely N-dealkylation sites (tertiary alicyclic amines) is 1. The van der Waals surface area contributed by atoms with Crippen molar-refractivity contribution in [1.82, 2.24) is 9.80 Å². The minimum Gasteiger partial charge on any atom is -0.302 e. The number of carbonyl (C=O) groups is 2. The fourth-order valence-electron chi connectivity index (χ4n) is 5.34. The number of nitrogens with zero attached hydrogens (tertiary/aromatic N) is 2. The third-order valence-electron chi connectivity index (χ3n) is 6.53. The highest BCUT2D eigenvalue weighted by atomic mass is 16.1. The van der Waals surface area contributed by atoms with E-state index in [0.717, 1.165) is 51.6 Å². The Morgan fingerprint density at radius 2 is 1.66 bits per heavy atom. The van der Waals surface area contributed by atoms with Crippen LogP contribution in [0.1, 0.15) is 98.8 Å². The van der Waals surface area contributed by atoms with Gasteiger partial charge in [0.25, 0.3) is 0 Å². The van der Waals surface area contributed by atoms with Crippen LogP contribution in [-0.4, -0.2) is 61.1 Å². The molecule has 170 valence electrons. The van der Waals surface area contributed by atoms with Gasteiger partial charge in [0, 0.05) is 0 Å². The van der Waals surface area contributed by atoms with Crippen molar-refractivity contribution in [2.45, 2.75) is 105 Å². The number of hydrogen-bond acceptors (Lipinski definition) is 4. The van der Waals surface area contributed by atoms with Crippen LogP contribution in [-0.2, 0) is 9.59 Å². The summed E-state index contributed by atoms with van der Waals surface area (Å²) in [6, 6.07) is 0.162. The van der Waals surface area contributed by atoms with Crippen molar-refractivity contribution in [1.29, 1.82) is 0 Å². The third kappa shape index (κ3) is 11.3. The third-order valence-corrected chi connectivity index (χ3v) is 6.53. The van der Waals surface area contributed by atoms with Gasteiger partial charge in [0.2, 0.25) is 0 Å². The Kier molecular flexibility index (Phi) is 12.3. The topological polar surface area (TPSA) is 40.6 Å². The molecule has 0 aromatic rings. The van der Waals surface area contributed by atoms with Crippen LogP contribution < -0.4 is 0 Å². The zero-order valence-corrected chi connectivity index (χ0v) is 20.0. The standard InChI is InChI=1S/C25H48N2O2/c1-6-15-26(19-20-28)16-10-8-13-24(2,3)22-25(4,5)14-11-18-27-17-9-7-12-23(27)21-29/h20-21,23H,6-19,22H2,1-5H3. The van der Waals surface area contributed by atoms with Gasteiger partial charge in [0.15, 0.2) is 0 Å². The van der Waals surface area contributed by atoms with Gasteiger partial charge < -0.3 is 9.59 Å². The van der Waals surface area contributed by atoms with E-state index in [1.165, 1.54) is 51.4 Å². The van der Waals surface area contributed by atoms with Gasteiger partial charge in [-0.3, -0.25) is 9.80 Å². The van der Waals surface area contributed by atoms with Gasteiger partial charge in [-0.15, -0.1) is 0 Å². The molecule has 1 aliphatic rings. The highest BCUT2D eigenvalue weighted by Gasteiger charge is 2.29. The van der Waals surface area contributed by atoms with Crippen molar-refractivity contribution in [3.05, 3.63) is 0 Å². The first kappa shape index (κ1) is 26.3. The number of aldehydes is 2. The predicted octanol–water partition coefficient (Wildman–Crippen LogP) is 5.34. The monoisotopic (exact) mass is 408 g/mol. The molecule has 0 amide bonds. The average Bonchev–Trinajstić information content (AvgIpc) is 2.65. The first-order chi connectivity index (χ1) is 13.7. The van der Waals surface area contributed by atoms with Crippen molar-refractivity contribution < 1.29 is 9.59 Å². The van der Waals surface area contributed by atoms with Crippen LogP contribution in [0, 0.1) is 10.8 Å². The lowest BCUT2D eigenvalue weighted by Gasteiger charge is -2.37. The molecule has 1 aliphatic heterocycles. The Morgan fingerprint density at radius 3 is 2.28 bits per heavy atom. The van der Waals surface area contributed by atoms with E-state index >= 15 is 0 Å². The molecule has 0 aromatic carbocycles. The van der Waals surface area contributed by atoms with Crippen LogP contribution in [0.25, 0.3) is 0 Å². The second kappa shape index (κ2) is 13.5. The summed E-state index contributed by atoms with van der Waals surface area (Å²) in [7, 11) is 0. The minimum atomic E-state index is 0.162. The maximum atomic E-state index is 11.3. The van der Waals surface area contributed by atoms with Crippen LogP contribution in [0.4, 0.5) is 0 Å². The molecule has 0 radical (unpaired) electrons. The SMILES string of the molecule is CCCN(CC=O)CCCCC(C)(C)CC(C)(C)CCCN1CCCCC1C=O. The molecule has 29 heavy (non-hydrogen) atoms. The highest BCUT2D eigenvalue weighted by molar-refractivity contribution is 5.57. The Morgan fingerprint density at radius 1 is 0.966 bits per heavy atom. The van der Waals surface area contributed by atoms with Gasteiger partial charge in [-0.2, -0.15) is 0 Å². The Bertz CT molecular complexity index is 462. The number of carbonyl (C=O) groups excluding carboxylic acids is 2. The summed E-state index contributed by atoms with van der Waals surface area (Å²) >= 11 is 0. The molecule has 0 spiro atoms. The van der Waals surface area contributed by atoms with E-state index in [0.29, 0.717) is 17.4 Å². The molecular formula is C25H48N2O2. The molecule has 0 N–H and O–H groups in total. The molecule has 1 heterocycles. The van der Waals surface area contributed by atoms with E-state index in [1.54, 1.807) is 0 Å². The molecule has 1 fully saturated rings. The Hall–Kier alpha value is -0.740. The van der Waals surface area contributed by atoms with Gasteiger partial charge >= 0.3 is 0 Å². The van der Waals surface area contributed by atoms with Crippen molar-refractivity contribution in [2.24, 2.45) is 10.8 Å². The lowest BCUT2D eigenvalue weighted by atomic mass is 9.71. The van der Waals surface area contributed by atoms with Crippen LogP contribution in [0.5, 0.6) is 0 Å². The summed E-state index contributed by atoms with van der Waals surface area (Å²) in [6.07, 6.45) is 14.1. The minimum absolute atomic E-state index is 0.162. The molecule has 4 nitrogen and oxygen atoms in total. The van der Waals surface area contributed by atoms with Crippen LogP contribution in [0.2, 0.25) is 0 Å². The smallest absolute Gasteiger partial charge is 0.137 e. The fraction of sp³-hybridized carbons (Fsp3) is 0.920. The van der Waals surface area contributed by atoms with Crippen molar-refractivity contribution in [2.75, 3.05) is 32.7 Å². The van der Waals surface area contributed by atoms with Crippen LogP contribution in [0.3, 0.4) is 0 Å². The van der Waals surface area contributed by atoms with E-state index in [2.05, 4.69) is 44.4 Å². The number of piperidine rings is 1.